The molecule has 1 heterocycles. The van der Waals surface area contributed by atoms with E-state index in [1.165, 1.54) is 5.56 Å². The molecule has 3 aromatic rings. The fraction of sp³-hybridized carbons (Fsp3) is 0.167. The molecule has 4 nitrogen and oxygen atoms in total. The molecule has 0 bridgehead atoms. The number of benzene rings is 2. The third-order valence-corrected chi connectivity index (χ3v) is 3.56. The monoisotopic (exact) mass is 293 g/mol. The maximum Gasteiger partial charge on any atom is 0.0645 e. The average Bonchev–Trinajstić information content (AvgIpc) is 3.09. The average molecular weight is 293 g/mol. The summed E-state index contributed by atoms with van der Waals surface area (Å²) in [5.41, 5.74) is 4.51. The van der Waals surface area contributed by atoms with Crippen molar-refractivity contribution in [2.45, 2.75) is 13.0 Å². The van der Waals surface area contributed by atoms with E-state index in [2.05, 4.69) is 34.7 Å². The van der Waals surface area contributed by atoms with Crippen molar-refractivity contribution in [2.24, 2.45) is 0 Å². The number of nitrogens with zero attached hydrogens (tertiary/aromatic N) is 2. The molecule has 0 atom stereocenters. The standard InChI is InChI=1S/C18H19N3O/c22-13-10-15-2-6-17(7-3-15)19-14-16-4-8-18(9-5-16)21-12-1-11-20-21/h1-9,11-12,19,22H,10,13-14H2. The van der Waals surface area contributed by atoms with Crippen molar-refractivity contribution < 1.29 is 5.11 Å². The Morgan fingerprint density at radius 2 is 1.68 bits per heavy atom. The predicted octanol–water partition coefficient (Wildman–Crippen LogP) is 3.02. The summed E-state index contributed by atoms with van der Waals surface area (Å²) in [5, 5.41) is 16.5. The molecule has 2 N–H and O–H groups in total. The van der Waals surface area contributed by atoms with Gasteiger partial charge in [-0.3, -0.25) is 0 Å². The number of rotatable bonds is 6. The Morgan fingerprint density at radius 1 is 0.955 bits per heavy atom. The molecule has 0 aliphatic carbocycles. The van der Waals surface area contributed by atoms with Gasteiger partial charge in [0, 0.05) is 31.2 Å². The zero-order valence-corrected chi connectivity index (χ0v) is 12.3. The van der Waals surface area contributed by atoms with E-state index in [1.54, 1.807) is 6.20 Å². The van der Waals surface area contributed by atoms with Gasteiger partial charge in [-0.2, -0.15) is 5.10 Å². The minimum absolute atomic E-state index is 0.190. The van der Waals surface area contributed by atoms with E-state index in [4.69, 9.17) is 5.11 Å². The first-order chi connectivity index (χ1) is 10.8. The van der Waals surface area contributed by atoms with Crippen molar-refractivity contribution >= 4 is 5.69 Å². The second-order valence-corrected chi connectivity index (χ2v) is 5.14. The van der Waals surface area contributed by atoms with Gasteiger partial charge < -0.3 is 10.4 Å². The molecule has 0 saturated carbocycles. The van der Waals surface area contributed by atoms with Crippen LogP contribution >= 0.6 is 0 Å². The first-order valence-corrected chi connectivity index (χ1v) is 7.38. The van der Waals surface area contributed by atoms with Crippen LogP contribution < -0.4 is 5.32 Å². The molecule has 0 spiro atoms. The minimum atomic E-state index is 0.190. The molecule has 0 aliphatic heterocycles. The van der Waals surface area contributed by atoms with Gasteiger partial charge >= 0.3 is 0 Å². The predicted molar refractivity (Wildman–Crippen MR) is 88.1 cm³/mol. The van der Waals surface area contributed by atoms with E-state index in [-0.39, 0.29) is 6.61 Å². The zero-order valence-electron chi connectivity index (χ0n) is 12.3. The first-order valence-electron chi connectivity index (χ1n) is 7.38. The second kappa shape index (κ2) is 6.91. The summed E-state index contributed by atoms with van der Waals surface area (Å²) in [5.74, 6) is 0. The van der Waals surface area contributed by atoms with Gasteiger partial charge in [0.15, 0.2) is 0 Å². The van der Waals surface area contributed by atoms with E-state index < -0.39 is 0 Å². The summed E-state index contributed by atoms with van der Waals surface area (Å²) in [4.78, 5) is 0. The van der Waals surface area contributed by atoms with Gasteiger partial charge in [-0.25, -0.2) is 4.68 Å². The van der Waals surface area contributed by atoms with Crippen molar-refractivity contribution in [1.29, 1.82) is 0 Å². The lowest BCUT2D eigenvalue weighted by Crippen LogP contribution is -2.00. The number of aliphatic hydroxyl groups is 1. The summed E-state index contributed by atoms with van der Waals surface area (Å²) in [6.45, 7) is 0.966. The van der Waals surface area contributed by atoms with Gasteiger partial charge in [0.25, 0.3) is 0 Å². The smallest absolute Gasteiger partial charge is 0.0645 e. The fourth-order valence-electron chi connectivity index (χ4n) is 2.31. The SMILES string of the molecule is OCCc1ccc(NCc2ccc(-n3cccn3)cc2)cc1. The molecule has 22 heavy (non-hydrogen) atoms. The fourth-order valence-corrected chi connectivity index (χ4v) is 2.31. The Bertz CT molecular complexity index is 688. The number of hydrogen-bond acceptors (Lipinski definition) is 3. The van der Waals surface area contributed by atoms with E-state index >= 15 is 0 Å². The van der Waals surface area contributed by atoms with Gasteiger partial charge in [-0.1, -0.05) is 24.3 Å². The second-order valence-electron chi connectivity index (χ2n) is 5.14. The molecular weight excluding hydrogens is 274 g/mol. The molecular formula is C18H19N3O. The van der Waals surface area contributed by atoms with Crippen LogP contribution in [0.3, 0.4) is 0 Å². The summed E-state index contributed by atoms with van der Waals surface area (Å²) in [6, 6.07) is 18.4. The Labute approximate surface area is 130 Å². The third-order valence-electron chi connectivity index (χ3n) is 3.56. The van der Waals surface area contributed by atoms with Crippen molar-refractivity contribution in [1.82, 2.24) is 9.78 Å². The number of anilines is 1. The highest BCUT2D eigenvalue weighted by atomic mass is 16.2. The topological polar surface area (TPSA) is 50.1 Å². The Kier molecular flexibility index (Phi) is 4.51. The van der Waals surface area contributed by atoms with E-state index in [9.17, 15) is 0 Å². The molecule has 1 aromatic heterocycles. The summed E-state index contributed by atoms with van der Waals surface area (Å²) in [7, 11) is 0. The summed E-state index contributed by atoms with van der Waals surface area (Å²) in [6.07, 6.45) is 4.41. The van der Waals surface area contributed by atoms with Gasteiger partial charge in [0.05, 0.1) is 5.69 Å². The van der Waals surface area contributed by atoms with Crippen LogP contribution in [0.4, 0.5) is 5.69 Å². The third kappa shape index (κ3) is 3.54. The highest BCUT2D eigenvalue weighted by Crippen LogP contribution is 2.13. The van der Waals surface area contributed by atoms with Crippen LogP contribution in [0.25, 0.3) is 5.69 Å². The van der Waals surface area contributed by atoms with Gasteiger partial charge in [-0.05, 0) is 47.9 Å². The number of hydrogen-bond donors (Lipinski definition) is 2. The molecule has 0 fully saturated rings. The minimum Gasteiger partial charge on any atom is -0.396 e. The van der Waals surface area contributed by atoms with Gasteiger partial charge in [0.1, 0.15) is 0 Å². The maximum atomic E-state index is 8.91. The maximum absolute atomic E-state index is 8.91. The molecule has 0 aliphatic rings. The first kappa shape index (κ1) is 14.4. The van der Waals surface area contributed by atoms with Crippen molar-refractivity contribution in [3.8, 4) is 5.69 Å². The molecule has 0 saturated heterocycles. The van der Waals surface area contributed by atoms with Crippen molar-refractivity contribution in [3.05, 3.63) is 78.1 Å². The van der Waals surface area contributed by atoms with Crippen molar-refractivity contribution in [3.63, 3.8) is 0 Å². The van der Waals surface area contributed by atoms with Crippen LogP contribution in [-0.2, 0) is 13.0 Å². The molecule has 112 valence electrons. The van der Waals surface area contributed by atoms with Crippen molar-refractivity contribution in [2.75, 3.05) is 11.9 Å². The zero-order chi connectivity index (χ0) is 15.2. The van der Waals surface area contributed by atoms with Crippen LogP contribution in [0, 0.1) is 0 Å². The molecule has 0 radical (unpaired) electrons. The summed E-state index contributed by atoms with van der Waals surface area (Å²) >= 11 is 0. The Morgan fingerprint density at radius 3 is 2.32 bits per heavy atom. The molecule has 0 amide bonds. The van der Waals surface area contributed by atoms with Gasteiger partial charge in [-0.15, -0.1) is 0 Å². The van der Waals surface area contributed by atoms with E-state index in [1.807, 2.05) is 41.2 Å². The summed E-state index contributed by atoms with van der Waals surface area (Å²) < 4.78 is 1.84. The number of aliphatic hydroxyl groups excluding tert-OH is 1. The van der Waals surface area contributed by atoms with Crippen LogP contribution in [0.5, 0.6) is 0 Å². The molecule has 3 rings (SSSR count). The lowest BCUT2D eigenvalue weighted by Gasteiger charge is -2.08. The van der Waals surface area contributed by atoms with Gasteiger partial charge in [0.2, 0.25) is 0 Å². The highest BCUT2D eigenvalue weighted by molar-refractivity contribution is 5.45. The van der Waals surface area contributed by atoms with Crippen LogP contribution in [0.2, 0.25) is 0 Å². The quantitative estimate of drug-likeness (QED) is 0.734. The van der Waals surface area contributed by atoms with Crippen LogP contribution in [0.15, 0.2) is 67.0 Å². The van der Waals surface area contributed by atoms with Crippen LogP contribution in [0.1, 0.15) is 11.1 Å². The Balaban J connectivity index is 1.59. The molecule has 2 aromatic carbocycles. The number of nitrogens with one attached hydrogen (secondary N) is 1. The lowest BCUT2D eigenvalue weighted by molar-refractivity contribution is 0.299. The highest BCUT2D eigenvalue weighted by Gasteiger charge is 1.98. The largest absolute Gasteiger partial charge is 0.396 e. The lowest BCUT2D eigenvalue weighted by atomic mass is 10.1. The normalized spacial score (nSPS) is 10.6. The Hall–Kier alpha value is -2.59. The molecule has 4 heteroatoms. The van der Waals surface area contributed by atoms with E-state index in [0.29, 0.717) is 6.42 Å². The number of aromatic nitrogens is 2. The van der Waals surface area contributed by atoms with Crippen LogP contribution in [-0.4, -0.2) is 21.5 Å². The molecule has 0 unspecified atom stereocenters. The van der Waals surface area contributed by atoms with E-state index in [0.717, 1.165) is 23.5 Å².